The molecule has 1 aromatic carbocycles. The first kappa shape index (κ1) is 11.9. The Hall–Kier alpha value is -0.540. The number of hydrogen-bond donors (Lipinski definition) is 1. The summed E-state index contributed by atoms with van der Waals surface area (Å²) in [4.78, 5) is 2.52. The lowest BCUT2D eigenvalue weighted by Crippen LogP contribution is -2.43. The summed E-state index contributed by atoms with van der Waals surface area (Å²) in [7, 11) is 0. The van der Waals surface area contributed by atoms with Crippen LogP contribution >= 0.6 is 15.9 Å². The Labute approximate surface area is 106 Å². The second-order valence-electron chi connectivity index (χ2n) is 4.23. The summed E-state index contributed by atoms with van der Waals surface area (Å²) in [5.74, 6) is 0. The molecule has 1 unspecified atom stereocenters. The van der Waals surface area contributed by atoms with Gasteiger partial charge in [-0.1, -0.05) is 26.0 Å². The maximum absolute atomic E-state index is 3.60. The predicted octanol–water partition coefficient (Wildman–Crippen LogP) is 3.13. The van der Waals surface area contributed by atoms with Gasteiger partial charge in [0.15, 0.2) is 0 Å². The molecule has 1 N–H and O–H groups in total. The van der Waals surface area contributed by atoms with E-state index in [2.05, 4.69) is 58.2 Å². The minimum absolute atomic E-state index is 0.636. The van der Waals surface area contributed by atoms with E-state index in [9.17, 15) is 0 Å². The molecule has 1 heterocycles. The molecule has 88 valence electrons. The van der Waals surface area contributed by atoms with E-state index in [0.29, 0.717) is 6.04 Å². The van der Waals surface area contributed by atoms with E-state index >= 15 is 0 Å². The third-order valence-electron chi connectivity index (χ3n) is 3.40. The van der Waals surface area contributed by atoms with Gasteiger partial charge in [-0.25, -0.2) is 0 Å². The molecule has 0 saturated heterocycles. The molecule has 0 aromatic heterocycles. The van der Waals surface area contributed by atoms with Crippen molar-refractivity contribution in [3.63, 3.8) is 0 Å². The van der Waals surface area contributed by atoms with E-state index in [1.807, 2.05) is 0 Å². The molecule has 0 aliphatic carbocycles. The third-order valence-corrected chi connectivity index (χ3v) is 4.06. The Bertz CT molecular complexity index is 361. The van der Waals surface area contributed by atoms with Crippen molar-refractivity contribution >= 4 is 21.6 Å². The lowest BCUT2D eigenvalue weighted by atomic mass is 9.98. The van der Waals surface area contributed by atoms with Gasteiger partial charge in [0, 0.05) is 17.1 Å². The van der Waals surface area contributed by atoms with Crippen molar-refractivity contribution in [3.8, 4) is 0 Å². The van der Waals surface area contributed by atoms with Crippen LogP contribution in [0.5, 0.6) is 0 Å². The zero-order valence-electron chi connectivity index (χ0n) is 9.96. The minimum Gasteiger partial charge on any atom is -0.382 e. The van der Waals surface area contributed by atoms with Crippen molar-refractivity contribution in [1.29, 1.82) is 0 Å². The molecule has 1 aliphatic heterocycles. The molecule has 0 radical (unpaired) electrons. The van der Waals surface area contributed by atoms with Gasteiger partial charge in [0.1, 0.15) is 0 Å². The van der Waals surface area contributed by atoms with Crippen LogP contribution in [0.1, 0.15) is 19.4 Å². The molecule has 16 heavy (non-hydrogen) atoms. The first-order valence-corrected chi connectivity index (χ1v) is 6.80. The van der Waals surface area contributed by atoms with Crippen LogP contribution in [0.4, 0.5) is 5.69 Å². The van der Waals surface area contributed by atoms with Crippen LogP contribution in [0, 0.1) is 0 Å². The van der Waals surface area contributed by atoms with Gasteiger partial charge in [-0.05, 0) is 47.1 Å². The molecule has 3 heteroatoms. The minimum atomic E-state index is 0.636. The van der Waals surface area contributed by atoms with Crippen LogP contribution in [-0.4, -0.2) is 30.6 Å². The van der Waals surface area contributed by atoms with Crippen LogP contribution in [0.15, 0.2) is 22.7 Å². The third kappa shape index (κ3) is 2.25. The number of anilines is 1. The van der Waals surface area contributed by atoms with Crippen molar-refractivity contribution in [2.75, 3.05) is 25.0 Å². The smallest absolute Gasteiger partial charge is 0.0518 e. The maximum atomic E-state index is 3.60. The number of benzene rings is 1. The predicted molar refractivity (Wildman–Crippen MR) is 73.0 cm³/mol. The van der Waals surface area contributed by atoms with Gasteiger partial charge in [0.05, 0.1) is 5.69 Å². The summed E-state index contributed by atoms with van der Waals surface area (Å²) >= 11 is 3.60. The second-order valence-corrected chi connectivity index (χ2v) is 5.09. The summed E-state index contributed by atoms with van der Waals surface area (Å²) in [6, 6.07) is 7.08. The Morgan fingerprint density at radius 1 is 1.38 bits per heavy atom. The zero-order valence-corrected chi connectivity index (χ0v) is 11.5. The highest BCUT2D eigenvalue weighted by Gasteiger charge is 2.22. The first-order valence-electron chi connectivity index (χ1n) is 6.01. The van der Waals surface area contributed by atoms with Gasteiger partial charge in [0.2, 0.25) is 0 Å². The molecule has 2 rings (SSSR count). The van der Waals surface area contributed by atoms with Gasteiger partial charge in [-0.2, -0.15) is 0 Å². The number of halogens is 1. The number of nitrogens with one attached hydrogen (secondary N) is 1. The van der Waals surface area contributed by atoms with E-state index in [-0.39, 0.29) is 0 Å². The fourth-order valence-electron chi connectivity index (χ4n) is 2.48. The molecule has 1 atom stereocenters. The fraction of sp³-hybridized carbons (Fsp3) is 0.538. The van der Waals surface area contributed by atoms with Crippen molar-refractivity contribution in [1.82, 2.24) is 4.90 Å². The van der Waals surface area contributed by atoms with Crippen LogP contribution in [0.25, 0.3) is 0 Å². The molecular formula is C13H19BrN2. The van der Waals surface area contributed by atoms with E-state index in [0.717, 1.165) is 26.1 Å². The Morgan fingerprint density at radius 2 is 2.12 bits per heavy atom. The zero-order chi connectivity index (χ0) is 11.5. The van der Waals surface area contributed by atoms with E-state index < -0.39 is 0 Å². The molecule has 0 bridgehead atoms. The molecule has 0 saturated carbocycles. The molecule has 1 aromatic rings. The van der Waals surface area contributed by atoms with Crippen LogP contribution in [-0.2, 0) is 6.42 Å². The number of likely N-dealkylation sites (N-methyl/N-ethyl adjacent to an activating group) is 1. The second kappa shape index (κ2) is 5.19. The van der Waals surface area contributed by atoms with Crippen LogP contribution in [0.3, 0.4) is 0 Å². The monoisotopic (exact) mass is 282 g/mol. The average molecular weight is 283 g/mol. The largest absolute Gasteiger partial charge is 0.382 e. The molecule has 0 amide bonds. The van der Waals surface area contributed by atoms with E-state index in [1.165, 1.54) is 15.7 Å². The van der Waals surface area contributed by atoms with E-state index in [4.69, 9.17) is 0 Å². The summed E-state index contributed by atoms with van der Waals surface area (Å²) in [5, 5.41) is 3.54. The fourth-order valence-corrected chi connectivity index (χ4v) is 3.03. The Morgan fingerprint density at radius 3 is 2.81 bits per heavy atom. The van der Waals surface area contributed by atoms with Crippen LogP contribution < -0.4 is 5.32 Å². The lowest BCUT2D eigenvalue weighted by Gasteiger charge is -2.34. The summed E-state index contributed by atoms with van der Waals surface area (Å²) in [6.45, 7) is 7.79. The highest BCUT2D eigenvalue weighted by atomic mass is 79.9. The van der Waals surface area contributed by atoms with Gasteiger partial charge < -0.3 is 5.32 Å². The molecule has 0 spiro atoms. The van der Waals surface area contributed by atoms with Gasteiger partial charge in [-0.3, -0.25) is 4.90 Å². The van der Waals surface area contributed by atoms with Crippen molar-refractivity contribution < 1.29 is 0 Å². The standard InChI is InChI=1S/C13H19BrN2/c1-3-16(4-2)11-8-10-6-5-7-12(14)13(10)15-9-11/h5-7,11,15H,3-4,8-9H2,1-2H3. The lowest BCUT2D eigenvalue weighted by molar-refractivity contribution is 0.221. The van der Waals surface area contributed by atoms with Crippen molar-refractivity contribution in [3.05, 3.63) is 28.2 Å². The summed E-state index contributed by atoms with van der Waals surface area (Å²) < 4.78 is 1.18. The molecule has 2 nitrogen and oxygen atoms in total. The molecule has 0 fully saturated rings. The quantitative estimate of drug-likeness (QED) is 0.917. The highest BCUT2D eigenvalue weighted by Crippen LogP contribution is 2.31. The topological polar surface area (TPSA) is 15.3 Å². The van der Waals surface area contributed by atoms with E-state index in [1.54, 1.807) is 0 Å². The average Bonchev–Trinajstić information content (AvgIpc) is 2.31. The normalized spacial score (nSPS) is 19.4. The number of fused-ring (bicyclic) bond motifs is 1. The van der Waals surface area contributed by atoms with Gasteiger partial charge in [-0.15, -0.1) is 0 Å². The Balaban J connectivity index is 2.17. The number of nitrogens with zero attached hydrogens (tertiary/aromatic N) is 1. The summed E-state index contributed by atoms with van der Waals surface area (Å²) in [6.07, 6.45) is 1.16. The maximum Gasteiger partial charge on any atom is 0.0518 e. The van der Waals surface area contributed by atoms with Gasteiger partial charge >= 0.3 is 0 Å². The summed E-state index contributed by atoms with van der Waals surface area (Å²) in [5.41, 5.74) is 2.71. The van der Waals surface area contributed by atoms with Gasteiger partial charge in [0.25, 0.3) is 0 Å². The first-order chi connectivity index (χ1) is 7.76. The number of rotatable bonds is 3. The molecule has 1 aliphatic rings. The highest BCUT2D eigenvalue weighted by molar-refractivity contribution is 9.10. The molecular weight excluding hydrogens is 264 g/mol. The van der Waals surface area contributed by atoms with Crippen molar-refractivity contribution in [2.45, 2.75) is 26.3 Å². The Kier molecular flexibility index (Phi) is 3.87. The van der Waals surface area contributed by atoms with Crippen molar-refractivity contribution in [2.24, 2.45) is 0 Å². The SMILES string of the molecule is CCN(CC)C1CNc2c(Br)cccc2C1. The number of hydrogen-bond acceptors (Lipinski definition) is 2. The number of para-hydroxylation sites is 1. The van der Waals surface area contributed by atoms with Crippen LogP contribution in [0.2, 0.25) is 0 Å².